The lowest BCUT2D eigenvalue weighted by Crippen LogP contribution is -2.15. The highest BCUT2D eigenvalue weighted by molar-refractivity contribution is 6.06. The Morgan fingerprint density at radius 2 is 1.50 bits per heavy atom. The monoisotopic (exact) mass is 360 g/mol. The van der Waals surface area contributed by atoms with E-state index in [1.54, 1.807) is 0 Å². The van der Waals surface area contributed by atoms with Gasteiger partial charge in [0.05, 0.1) is 26.4 Å². The zero-order valence-corrected chi connectivity index (χ0v) is 13.6. The minimum absolute atomic E-state index is 0.0299. The van der Waals surface area contributed by atoms with Gasteiger partial charge in [-0.1, -0.05) is 0 Å². The number of carbonyl (C=O) groups is 1. The van der Waals surface area contributed by atoms with Gasteiger partial charge >= 0.3 is 0 Å². The molecule has 134 valence electrons. The smallest absolute Gasteiger partial charge is 0.279 e. The lowest BCUT2D eigenvalue weighted by atomic mass is 10.0. The molecular weight excluding hydrogens is 348 g/mol. The Kier molecular flexibility index (Phi) is 4.91. The molecule has 2 aromatic rings. The average Bonchev–Trinajstić information content (AvgIpc) is 2.55. The second-order valence-corrected chi connectivity index (χ2v) is 5.36. The van der Waals surface area contributed by atoms with Gasteiger partial charge in [-0.2, -0.15) is 0 Å². The van der Waals surface area contributed by atoms with Crippen LogP contribution in [-0.4, -0.2) is 20.7 Å². The van der Waals surface area contributed by atoms with Gasteiger partial charge in [0.15, 0.2) is 0 Å². The van der Waals surface area contributed by atoms with Crippen molar-refractivity contribution < 1.29 is 19.6 Å². The number of amides is 1. The maximum atomic E-state index is 12.5. The van der Waals surface area contributed by atoms with Crippen molar-refractivity contribution in [2.75, 3.05) is 5.32 Å². The minimum atomic E-state index is -0.833. The summed E-state index contributed by atoms with van der Waals surface area (Å²) in [6.07, 6.45) is 0. The van der Waals surface area contributed by atoms with E-state index in [9.17, 15) is 35.1 Å². The Hall–Kier alpha value is -3.89. The largest absolute Gasteiger partial charge is 0.322 e. The highest BCUT2D eigenvalue weighted by Gasteiger charge is 2.25. The van der Waals surface area contributed by atoms with E-state index in [4.69, 9.17) is 0 Å². The summed E-state index contributed by atoms with van der Waals surface area (Å²) in [7, 11) is 0. The molecule has 0 aromatic heterocycles. The zero-order chi connectivity index (χ0) is 19.6. The third-order valence-electron chi connectivity index (χ3n) is 3.69. The summed E-state index contributed by atoms with van der Waals surface area (Å²) in [6, 6.07) is 5.47. The van der Waals surface area contributed by atoms with Gasteiger partial charge in [-0.3, -0.25) is 35.1 Å². The average molecular weight is 360 g/mol. The van der Waals surface area contributed by atoms with E-state index in [2.05, 4.69) is 5.32 Å². The van der Waals surface area contributed by atoms with Gasteiger partial charge in [-0.25, -0.2) is 0 Å². The van der Waals surface area contributed by atoms with Gasteiger partial charge in [-0.05, 0) is 25.5 Å². The second-order valence-electron chi connectivity index (χ2n) is 5.36. The van der Waals surface area contributed by atoms with Crippen molar-refractivity contribution >= 4 is 28.7 Å². The summed E-state index contributed by atoms with van der Waals surface area (Å²) in [4.78, 5) is 43.0. The topological polar surface area (TPSA) is 159 Å². The first kappa shape index (κ1) is 18.4. The highest BCUT2D eigenvalue weighted by Crippen LogP contribution is 2.29. The molecule has 1 N–H and O–H groups in total. The Balaban J connectivity index is 2.45. The number of nitrogens with zero attached hydrogens (tertiary/aromatic N) is 3. The highest BCUT2D eigenvalue weighted by atomic mass is 16.6. The van der Waals surface area contributed by atoms with Crippen LogP contribution in [0.25, 0.3) is 0 Å². The number of nitro benzene ring substituents is 3. The predicted octanol–water partition coefficient (Wildman–Crippen LogP) is 3.28. The summed E-state index contributed by atoms with van der Waals surface area (Å²) in [5, 5.41) is 35.2. The SMILES string of the molecule is Cc1cc([N+](=O)[O-])ccc1NC(=O)c1cc([N+](=O)[O-])cc([N+](=O)[O-])c1C. The number of carbonyl (C=O) groups excluding carboxylic acids is 1. The standard InChI is InChI=1S/C15H12N4O7/c1-8-5-10(17(21)22)3-4-13(8)16-15(20)12-6-11(18(23)24)7-14(9(12)2)19(25)26/h3-7H,1-2H3,(H,16,20). The molecule has 26 heavy (non-hydrogen) atoms. The number of benzene rings is 2. The molecule has 0 bridgehead atoms. The summed E-state index contributed by atoms with van der Waals surface area (Å²) >= 11 is 0. The molecule has 0 unspecified atom stereocenters. The number of nitro groups is 3. The first-order valence-electron chi connectivity index (χ1n) is 7.11. The Morgan fingerprint density at radius 3 is 2.00 bits per heavy atom. The minimum Gasteiger partial charge on any atom is -0.322 e. The summed E-state index contributed by atoms with van der Waals surface area (Å²) in [5.74, 6) is -0.800. The first-order valence-corrected chi connectivity index (χ1v) is 7.11. The van der Waals surface area contributed by atoms with Crippen LogP contribution in [-0.2, 0) is 0 Å². The lowest BCUT2D eigenvalue weighted by molar-refractivity contribution is -0.394. The van der Waals surface area contributed by atoms with Crippen LogP contribution >= 0.6 is 0 Å². The Bertz CT molecular complexity index is 955. The molecule has 0 saturated heterocycles. The molecule has 0 fully saturated rings. The number of rotatable bonds is 5. The van der Waals surface area contributed by atoms with Crippen molar-refractivity contribution in [3.63, 3.8) is 0 Å². The molecule has 11 nitrogen and oxygen atoms in total. The fourth-order valence-corrected chi connectivity index (χ4v) is 2.31. The fraction of sp³-hybridized carbons (Fsp3) is 0.133. The van der Waals surface area contributed by atoms with E-state index >= 15 is 0 Å². The summed E-state index contributed by atoms with van der Waals surface area (Å²) < 4.78 is 0. The number of non-ortho nitro benzene ring substituents is 2. The molecule has 0 spiro atoms. The molecule has 0 aliphatic heterocycles. The number of hydrogen-bond acceptors (Lipinski definition) is 7. The summed E-state index contributed by atoms with van der Waals surface area (Å²) in [6.45, 7) is 2.84. The molecule has 0 heterocycles. The van der Waals surface area contributed by atoms with E-state index in [1.807, 2.05) is 0 Å². The Labute approximate surface area is 145 Å². The van der Waals surface area contributed by atoms with E-state index in [1.165, 1.54) is 32.0 Å². The van der Waals surface area contributed by atoms with Crippen molar-refractivity contribution in [1.82, 2.24) is 0 Å². The van der Waals surface area contributed by atoms with Crippen LogP contribution in [0.15, 0.2) is 30.3 Å². The van der Waals surface area contributed by atoms with Crippen molar-refractivity contribution in [2.24, 2.45) is 0 Å². The van der Waals surface area contributed by atoms with E-state index < -0.39 is 32.1 Å². The molecule has 0 atom stereocenters. The van der Waals surface area contributed by atoms with E-state index in [0.29, 0.717) is 5.56 Å². The molecule has 0 saturated carbocycles. The van der Waals surface area contributed by atoms with Crippen LogP contribution in [0.3, 0.4) is 0 Å². The van der Waals surface area contributed by atoms with Gasteiger partial charge in [0.2, 0.25) is 0 Å². The number of aryl methyl sites for hydroxylation is 1. The summed E-state index contributed by atoms with van der Waals surface area (Å²) in [5.41, 5.74) is -0.930. The van der Waals surface area contributed by atoms with Crippen LogP contribution in [0.4, 0.5) is 22.7 Å². The predicted molar refractivity (Wildman–Crippen MR) is 90.3 cm³/mol. The first-order chi connectivity index (χ1) is 12.1. The number of nitrogens with one attached hydrogen (secondary N) is 1. The molecule has 1 amide bonds. The molecule has 2 aromatic carbocycles. The Morgan fingerprint density at radius 1 is 0.885 bits per heavy atom. The van der Waals surface area contributed by atoms with Crippen LogP contribution in [0.1, 0.15) is 21.5 Å². The van der Waals surface area contributed by atoms with Gasteiger partial charge < -0.3 is 5.32 Å². The molecule has 0 radical (unpaired) electrons. The van der Waals surface area contributed by atoms with Crippen molar-refractivity contribution in [1.29, 1.82) is 0 Å². The third-order valence-corrected chi connectivity index (χ3v) is 3.69. The van der Waals surface area contributed by atoms with Gasteiger partial charge in [0.1, 0.15) is 0 Å². The maximum absolute atomic E-state index is 12.5. The van der Waals surface area contributed by atoms with E-state index in [-0.39, 0.29) is 22.5 Å². The van der Waals surface area contributed by atoms with E-state index in [0.717, 1.165) is 12.1 Å². The molecule has 0 aliphatic carbocycles. The van der Waals surface area contributed by atoms with Crippen molar-refractivity contribution in [3.8, 4) is 0 Å². The molecule has 0 aliphatic rings. The van der Waals surface area contributed by atoms with Crippen LogP contribution in [0.5, 0.6) is 0 Å². The lowest BCUT2D eigenvalue weighted by Gasteiger charge is -2.10. The molecule has 2 rings (SSSR count). The van der Waals surface area contributed by atoms with Gasteiger partial charge in [0.25, 0.3) is 23.0 Å². The van der Waals surface area contributed by atoms with Crippen LogP contribution in [0.2, 0.25) is 0 Å². The fourth-order valence-electron chi connectivity index (χ4n) is 2.31. The van der Waals surface area contributed by atoms with Crippen molar-refractivity contribution in [3.05, 3.63) is 77.4 Å². The quantitative estimate of drug-likeness (QED) is 0.632. The normalized spacial score (nSPS) is 10.2. The van der Waals surface area contributed by atoms with Crippen LogP contribution < -0.4 is 5.32 Å². The second kappa shape index (κ2) is 6.93. The van der Waals surface area contributed by atoms with Crippen molar-refractivity contribution in [2.45, 2.75) is 13.8 Å². The van der Waals surface area contributed by atoms with Gasteiger partial charge in [0, 0.05) is 29.4 Å². The third kappa shape index (κ3) is 3.61. The van der Waals surface area contributed by atoms with Crippen LogP contribution in [0, 0.1) is 44.2 Å². The zero-order valence-electron chi connectivity index (χ0n) is 13.6. The maximum Gasteiger partial charge on any atom is 0.279 e. The molecular formula is C15H12N4O7. The van der Waals surface area contributed by atoms with Gasteiger partial charge in [-0.15, -0.1) is 0 Å². The number of anilines is 1. The molecule has 11 heteroatoms. The number of hydrogen-bond donors (Lipinski definition) is 1.